The first-order valence-corrected chi connectivity index (χ1v) is 6.29. The number of unbranched alkanes of at least 4 members (excludes halogenated alkanes) is 5. The van der Waals surface area contributed by atoms with E-state index in [1.165, 1.54) is 38.5 Å². The predicted molar refractivity (Wildman–Crippen MR) is 67.6 cm³/mol. The van der Waals surface area contributed by atoms with Crippen molar-refractivity contribution in [2.45, 2.75) is 52.4 Å². The van der Waals surface area contributed by atoms with Gasteiger partial charge in [0, 0.05) is 12.1 Å². The second kappa shape index (κ2) is 10.7. The number of hydrogen-bond acceptors (Lipinski definition) is 2. The Morgan fingerprint density at radius 1 is 1.19 bits per heavy atom. The van der Waals surface area contributed by atoms with Crippen LogP contribution in [0.1, 0.15) is 52.4 Å². The molecule has 0 aliphatic heterocycles. The van der Waals surface area contributed by atoms with Gasteiger partial charge in [-0.15, -0.1) is 0 Å². The Bertz CT molecular complexity index is 212. The molecule has 0 heterocycles. The molecule has 0 atom stereocenters. The van der Waals surface area contributed by atoms with Crippen LogP contribution in [0, 0.1) is 0 Å². The quantitative estimate of drug-likeness (QED) is 0.445. The Balaban J connectivity index is 3.21. The third kappa shape index (κ3) is 9.71. The molecule has 94 valence electrons. The second-order valence-corrected chi connectivity index (χ2v) is 4.16. The molecule has 2 N–H and O–H groups in total. The Hall–Kier alpha value is -0.830. The highest BCUT2D eigenvalue weighted by Gasteiger charge is 1.97. The van der Waals surface area contributed by atoms with Crippen LogP contribution in [0.25, 0.3) is 0 Å². The zero-order valence-electron chi connectivity index (χ0n) is 10.6. The van der Waals surface area contributed by atoms with Gasteiger partial charge in [0.2, 0.25) is 0 Å². The van der Waals surface area contributed by atoms with Crippen LogP contribution in [0.15, 0.2) is 11.6 Å². The summed E-state index contributed by atoms with van der Waals surface area (Å²) in [6.45, 7) is 5.48. The maximum absolute atomic E-state index is 10.5. The molecule has 0 spiro atoms. The van der Waals surface area contributed by atoms with E-state index in [0.29, 0.717) is 12.1 Å². The third-order valence-corrected chi connectivity index (χ3v) is 2.60. The van der Waals surface area contributed by atoms with Gasteiger partial charge in [0.25, 0.3) is 0 Å². The zero-order chi connectivity index (χ0) is 12.2. The molecule has 3 nitrogen and oxygen atoms in total. The highest BCUT2D eigenvalue weighted by atomic mass is 16.4. The normalized spacial score (nSPS) is 11.8. The lowest BCUT2D eigenvalue weighted by molar-refractivity contribution is -0.132. The minimum absolute atomic E-state index is 0.412. The average molecular weight is 227 g/mol. The Labute approximate surface area is 98.9 Å². The molecule has 0 fully saturated rings. The van der Waals surface area contributed by atoms with E-state index in [0.717, 1.165) is 6.54 Å². The molecule has 16 heavy (non-hydrogen) atoms. The molecular formula is C13H25NO2. The summed E-state index contributed by atoms with van der Waals surface area (Å²) in [7, 11) is 0. The molecule has 0 amide bonds. The Morgan fingerprint density at radius 3 is 2.44 bits per heavy atom. The van der Waals surface area contributed by atoms with Gasteiger partial charge in [0.1, 0.15) is 0 Å². The van der Waals surface area contributed by atoms with Crippen molar-refractivity contribution in [3.05, 3.63) is 11.6 Å². The van der Waals surface area contributed by atoms with Gasteiger partial charge in [-0.1, -0.05) is 45.1 Å². The molecule has 0 aliphatic rings. The smallest absolute Gasteiger partial charge is 0.330 e. The fourth-order valence-electron chi connectivity index (χ4n) is 1.44. The first kappa shape index (κ1) is 15.2. The lowest BCUT2D eigenvalue weighted by Crippen LogP contribution is -2.16. The lowest BCUT2D eigenvalue weighted by atomic mass is 10.1. The number of carboxylic acids is 1. The van der Waals surface area contributed by atoms with Crippen LogP contribution >= 0.6 is 0 Å². The minimum atomic E-state index is -0.832. The van der Waals surface area contributed by atoms with Crippen LogP contribution in [0.2, 0.25) is 0 Å². The summed E-state index contributed by atoms with van der Waals surface area (Å²) in [6, 6.07) is 0. The highest BCUT2D eigenvalue weighted by Crippen LogP contribution is 2.03. The molecule has 0 saturated heterocycles. The summed E-state index contributed by atoms with van der Waals surface area (Å²) in [4.78, 5) is 10.5. The number of carbonyl (C=O) groups is 1. The molecular weight excluding hydrogens is 202 g/mol. The summed E-state index contributed by atoms with van der Waals surface area (Å²) in [5.41, 5.74) is 0.412. The molecule has 0 saturated carbocycles. The summed E-state index contributed by atoms with van der Waals surface area (Å²) >= 11 is 0. The van der Waals surface area contributed by atoms with Crippen molar-refractivity contribution in [2.75, 3.05) is 13.1 Å². The SMILES string of the molecule is CCCCCCCCNC/C=C(/C)C(=O)O. The fourth-order valence-corrected chi connectivity index (χ4v) is 1.44. The van der Waals surface area contributed by atoms with E-state index in [4.69, 9.17) is 5.11 Å². The highest BCUT2D eigenvalue weighted by molar-refractivity contribution is 5.85. The second-order valence-electron chi connectivity index (χ2n) is 4.16. The third-order valence-electron chi connectivity index (χ3n) is 2.60. The molecule has 0 aliphatic carbocycles. The van der Waals surface area contributed by atoms with E-state index >= 15 is 0 Å². The van der Waals surface area contributed by atoms with Crippen LogP contribution in [0.4, 0.5) is 0 Å². The van der Waals surface area contributed by atoms with E-state index in [9.17, 15) is 4.79 Å². The molecule has 0 aromatic rings. The average Bonchev–Trinajstić information content (AvgIpc) is 2.26. The molecule has 0 aromatic heterocycles. The Kier molecular flexibility index (Phi) is 10.1. The summed E-state index contributed by atoms with van der Waals surface area (Å²) in [6.07, 6.45) is 9.47. The van der Waals surface area contributed by atoms with E-state index in [1.807, 2.05) is 0 Å². The first-order valence-electron chi connectivity index (χ1n) is 6.29. The number of aliphatic carboxylic acids is 1. The molecule has 0 unspecified atom stereocenters. The maximum Gasteiger partial charge on any atom is 0.330 e. The van der Waals surface area contributed by atoms with Crippen LogP contribution in [0.5, 0.6) is 0 Å². The van der Waals surface area contributed by atoms with Crippen molar-refractivity contribution in [2.24, 2.45) is 0 Å². The van der Waals surface area contributed by atoms with E-state index in [1.54, 1.807) is 13.0 Å². The van der Waals surface area contributed by atoms with Gasteiger partial charge in [0.05, 0.1) is 0 Å². The van der Waals surface area contributed by atoms with Crippen molar-refractivity contribution in [1.29, 1.82) is 0 Å². The number of nitrogens with one attached hydrogen (secondary N) is 1. The van der Waals surface area contributed by atoms with Crippen LogP contribution in [-0.2, 0) is 4.79 Å². The monoisotopic (exact) mass is 227 g/mol. The molecule has 0 rings (SSSR count). The van der Waals surface area contributed by atoms with E-state index in [-0.39, 0.29) is 0 Å². The number of carboxylic acid groups (broad SMARTS) is 1. The Morgan fingerprint density at radius 2 is 1.81 bits per heavy atom. The zero-order valence-corrected chi connectivity index (χ0v) is 10.6. The van der Waals surface area contributed by atoms with Crippen molar-refractivity contribution in [1.82, 2.24) is 5.32 Å². The van der Waals surface area contributed by atoms with Crippen molar-refractivity contribution in [3.8, 4) is 0 Å². The maximum atomic E-state index is 10.5. The molecule has 3 heteroatoms. The van der Waals surface area contributed by atoms with Crippen LogP contribution < -0.4 is 5.32 Å². The van der Waals surface area contributed by atoms with Gasteiger partial charge >= 0.3 is 5.97 Å². The van der Waals surface area contributed by atoms with E-state index < -0.39 is 5.97 Å². The standard InChI is InChI=1S/C13H25NO2/c1-3-4-5-6-7-8-10-14-11-9-12(2)13(15)16/h9,14H,3-8,10-11H2,1-2H3,(H,15,16)/b12-9-. The summed E-state index contributed by atoms with van der Waals surface area (Å²) in [5, 5.41) is 11.8. The molecule has 0 bridgehead atoms. The van der Waals surface area contributed by atoms with Crippen LogP contribution in [0.3, 0.4) is 0 Å². The lowest BCUT2D eigenvalue weighted by Gasteiger charge is -2.02. The van der Waals surface area contributed by atoms with Crippen molar-refractivity contribution < 1.29 is 9.90 Å². The minimum Gasteiger partial charge on any atom is -0.478 e. The molecule has 0 aromatic carbocycles. The van der Waals surface area contributed by atoms with Gasteiger partial charge in [-0.3, -0.25) is 0 Å². The topological polar surface area (TPSA) is 49.3 Å². The van der Waals surface area contributed by atoms with Gasteiger partial charge in [0.15, 0.2) is 0 Å². The van der Waals surface area contributed by atoms with Crippen molar-refractivity contribution >= 4 is 5.97 Å². The number of hydrogen-bond donors (Lipinski definition) is 2. The van der Waals surface area contributed by atoms with E-state index in [2.05, 4.69) is 12.2 Å². The first-order chi connectivity index (χ1) is 7.68. The van der Waals surface area contributed by atoms with Gasteiger partial charge < -0.3 is 10.4 Å². The largest absolute Gasteiger partial charge is 0.478 e. The summed E-state index contributed by atoms with van der Waals surface area (Å²) in [5.74, 6) is -0.832. The number of rotatable bonds is 10. The predicted octanol–water partition coefficient (Wildman–Crippen LogP) is 2.97. The molecule has 0 radical (unpaired) electrons. The van der Waals surface area contributed by atoms with Crippen LogP contribution in [-0.4, -0.2) is 24.2 Å². The van der Waals surface area contributed by atoms with Gasteiger partial charge in [-0.05, 0) is 19.9 Å². The fraction of sp³-hybridized carbons (Fsp3) is 0.769. The van der Waals surface area contributed by atoms with Gasteiger partial charge in [-0.25, -0.2) is 4.79 Å². The van der Waals surface area contributed by atoms with Crippen molar-refractivity contribution in [3.63, 3.8) is 0 Å². The summed E-state index contributed by atoms with van der Waals surface area (Å²) < 4.78 is 0. The van der Waals surface area contributed by atoms with Gasteiger partial charge in [-0.2, -0.15) is 0 Å².